The van der Waals surface area contributed by atoms with Crippen molar-refractivity contribution in [3.8, 4) is 0 Å². The molecule has 1 aliphatic heterocycles. The summed E-state index contributed by atoms with van der Waals surface area (Å²) in [4.78, 5) is 14.1. The van der Waals surface area contributed by atoms with Crippen molar-refractivity contribution in [3.63, 3.8) is 0 Å². The van der Waals surface area contributed by atoms with Crippen molar-refractivity contribution >= 4 is 5.91 Å². The monoisotopic (exact) mass is 237 g/mol. The van der Waals surface area contributed by atoms with Gasteiger partial charge in [-0.1, -0.05) is 0 Å². The average molecular weight is 237 g/mol. The van der Waals surface area contributed by atoms with Crippen LogP contribution in [0.25, 0.3) is 0 Å². The molecule has 2 rings (SSSR count). The number of aryl methyl sites for hydroxylation is 1. The van der Waals surface area contributed by atoms with E-state index in [2.05, 4.69) is 5.10 Å². The molecular weight excluding hydrogens is 218 g/mol. The fraction of sp³-hybridized carbons (Fsp3) is 0.667. The minimum Gasteiger partial charge on any atom is -0.393 e. The highest BCUT2D eigenvalue weighted by Gasteiger charge is 2.30. The summed E-state index contributed by atoms with van der Waals surface area (Å²) in [6.45, 7) is 2.55. The zero-order valence-corrected chi connectivity index (χ0v) is 10.3. The van der Waals surface area contributed by atoms with Gasteiger partial charge in [0.15, 0.2) is 0 Å². The highest BCUT2D eigenvalue weighted by molar-refractivity contribution is 5.94. The van der Waals surface area contributed by atoms with Crippen LogP contribution in [0.3, 0.4) is 0 Å². The van der Waals surface area contributed by atoms with Crippen molar-refractivity contribution in [2.75, 3.05) is 6.54 Å². The standard InChI is InChI=1S/C12H19N3O2/c1-9(16)6-11-4-3-5-15(11)12(17)10-7-13-14(2)8-10/h7-9,11,16H,3-6H2,1-2H3. The number of carbonyl (C=O) groups excluding carboxylic acids is 1. The van der Waals surface area contributed by atoms with Gasteiger partial charge in [-0.3, -0.25) is 9.48 Å². The Morgan fingerprint density at radius 3 is 3.06 bits per heavy atom. The van der Waals surface area contributed by atoms with Gasteiger partial charge >= 0.3 is 0 Å². The zero-order chi connectivity index (χ0) is 12.4. The van der Waals surface area contributed by atoms with E-state index in [1.54, 1.807) is 31.0 Å². The summed E-state index contributed by atoms with van der Waals surface area (Å²) in [5.41, 5.74) is 0.630. The van der Waals surface area contributed by atoms with Crippen molar-refractivity contribution in [1.29, 1.82) is 0 Å². The number of likely N-dealkylation sites (tertiary alicyclic amines) is 1. The van der Waals surface area contributed by atoms with Crippen LogP contribution >= 0.6 is 0 Å². The van der Waals surface area contributed by atoms with Crippen molar-refractivity contribution in [2.24, 2.45) is 7.05 Å². The van der Waals surface area contributed by atoms with E-state index in [-0.39, 0.29) is 18.1 Å². The second kappa shape index (κ2) is 4.87. The first-order valence-electron chi connectivity index (χ1n) is 6.05. The first kappa shape index (κ1) is 12.1. The molecule has 1 aliphatic rings. The minimum atomic E-state index is -0.359. The summed E-state index contributed by atoms with van der Waals surface area (Å²) >= 11 is 0. The van der Waals surface area contributed by atoms with Crippen molar-refractivity contribution in [1.82, 2.24) is 14.7 Å². The highest BCUT2D eigenvalue weighted by Crippen LogP contribution is 2.23. The molecule has 0 aromatic carbocycles. The van der Waals surface area contributed by atoms with Crippen LogP contribution in [0.1, 0.15) is 36.5 Å². The van der Waals surface area contributed by atoms with E-state index >= 15 is 0 Å². The van der Waals surface area contributed by atoms with Gasteiger partial charge in [-0.05, 0) is 26.2 Å². The summed E-state index contributed by atoms with van der Waals surface area (Å²) in [7, 11) is 1.80. The van der Waals surface area contributed by atoms with Crippen LogP contribution in [0.4, 0.5) is 0 Å². The third-order valence-corrected chi connectivity index (χ3v) is 3.20. The van der Waals surface area contributed by atoms with E-state index in [4.69, 9.17) is 0 Å². The molecule has 2 heterocycles. The number of amides is 1. The fourth-order valence-electron chi connectivity index (χ4n) is 2.44. The maximum Gasteiger partial charge on any atom is 0.257 e. The normalized spacial score (nSPS) is 21.8. The quantitative estimate of drug-likeness (QED) is 0.845. The molecule has 5 nitrogen and oxygen atoms in total. The molecule has 1 amide bonds. The Morgan fingerprint density at radius 2 is 2.47 bits per heavy atom. The molecule has 1 aromatic heterocycles. The lowest BCUT2D eigenvalue weighted by Crippen LogP contribution is -2.37. The Bertz CT molecular complexity index is 400. The lowest BCUT2D eigenvalue weighted by molar-refractivity contribution is 0.0682. The van der Waals surface area contributed by atoms with Gasteiger partial charge in [0.2, 0.25) is 0 Å². The van der Waals surface area contributed by atoms with Crippen LogP contribution in [-0.2, 0) is 7.05 Å². The molecule has 2 atom stereocenters. The molecule has 1 N–H and O–H groups in total. The van der Waals surface area contributed by atoms with Crippen molar-refractivity contribution < 1.29 is 9.90 Å². The van der Waals surface area contributed by atoms with Crippen molar-refractivity contribution in [3.05, 3.63) is 18.0 Å². The second-order valence-electron chi connectivity index (χ2n) is 4.78. The Labute approximate surface area is 101 Å². The number of carbonyl (C=O) groups is 1. The predicted octanol–water partition coefficient (Wildman–Crippen LogP) is 0.796. The first-order valence-corrected chi connectivity index (χ1v) is 6.05. The number of nitrogens with zero attached hydrogens (tertiary/aromatic N) is 3. The van der Waals surface area contributed by atoms with Crippen LogP contribution in [0.5, 0.6) is 0 Å². The van der Waals surface area contributed by atoms with Crippen LogP contribution < -0.4 is 0 Å². The average Bonchev–Trinajstić information content (AvgIpc) is 2.85. The van der Waals surface area contributed by atoms with E-state index < -0.39 is 0 Å². The largest absolute Gasteiger partial charge is 0.393 e. The molecular formula is C12H19N3O2. The summed E-state index contributed by atoms with van der Waals surface area (Å²) in [6, 6.07) is 0.169. The Balaban J connectivity index is 2.08. The molecule has 0 bridgehead atoms. The number of aliphatic hydroxyl groups excluding tert-OH is 1. The lowest BCUT2D eigenvalue weighted by atomic mass is 10.1. The van der Waals surface area contributed by atoms with Gasteiger partial charge in [0, 0.05) is 25.8 Å². The molecule has 0 aliphatic carbocycles. The molecule has 2 unspecified atom stereocenters. The number of aromatic nitrogens is 2. The van der Waals surface area contributed by atoms with E-state index in [1.807, 2.05) is 4.90 Å². The van der Waals surface area contributed by atoms with Crippen LogP contribution in [0.2, 0.25) is 0 Å². The van der Waals surface area contributed by atoms with E-state index in [0.29, 0.717) is 12.0 Å². The van der Waals surface area contributed by atoms with E-state index in [9.17, 15) is 9.90 Å². The Kier molecular flexibility index (Phi) is 3.47. The summed E-state index contributed by atoms with van der Waals surface area (Å²) in [5, 5.41) is 13.4. The van der Waals surface area contributed by atoms with Gasteiger partial charge in [0.25, 0.3) is 5.91 Å². The molecule has 0 spiro atoms. The summed E-state index contributed by atoms with van der Waals surface area (Å²) in [5.74, 6) is 0.0289. The molecule has 0 saturated carbocycles. The fourth-order valence-corrected chi connectivity index (χ4v) is 2.44. The second-order valence-corrected chi connectivity index (χ2v) is 4.78. The number of hydrogen-bond acceptors (Lipinski definition) is 3. The van der Waals surface area contributed by atoms with Crippen molar-refractivity contribution in [2.45, 2.75) is 38.3 Å². The van der Waals surface area contributed by atoms with Crippen LogP contribution in [0, 0.1) is 0 Å². The number of aliphatic hydroxyl groups is 1. The third-order valence-electron chi connectivity index (χ3n) is 3.20. The number of rotatable bonds is 3. The van der Waals surface area contributed by atoms with Gasteiger partial charge in [0.1, 0.15) is 0 Å². The molecule has 1 fully saturated rings. The van der Waals surface area contributed by atoms with Crippen LogP contribution in [0.15, 0.2) is 12.4 Å². The lowest BCUT2D eigenvalue weighted by Gasteiger charge is -2.25. The smallest absolute Gasteiger partial charge is 0.257 e. The molecule has 0 radical (unpaired) electrons. The zero-order valence-electron chi connectivity index (χ0n) is 10.3. The number of hydrogen-bond donors (Lipinski definition) is 1. The molecule has 1 saturated heterocycles. The first-order chi connectivity index (χ1) is 8.08. The Hall–Kier alpha value is -1.36. The summed E-state index contributed by atoms with van der Waals surface area (Å²) < 4.78 is 1.63. The SMILES string of the molecule is CC(O)CC1CCCN1C(=O)c1cnn(C)c1. The Morgan fingerprint density at radius 1 is 1.71 bits per heavy atom. The third kappa shape index (κ3) is 2.66. The minimum absolute atomic E-state index is 0.0289. The van der Waals surface area contributed by atoms with Gasteiger partial charge in [0.05, 0.1) is 17.9 Å². The van der Waals surface area contributed by atoms with E-state index in [1.165, 1.54) is 0 Å². The van der Waals surface area contributed by atoms with Gasteiger partial charge in [-0.25, -0.2) is 0 Å². The van der Waals surface area contributed by atoms with Crippen LogP contribution in [-0.4, -0.2) is 44.4 Å². The summed E-state index contributed by atoms with van der Waals surface area (Å²) in [6.07, 6.45) is 5.63. The highest BCUT2D eigenvalue weighted by atomic mass is 16.3. The molecule has 5 heteroatoms. The molecule has 94 valence electrons. The van der Waals surface area contributed by atoms with Gasteiger partial charge in [-0.2, -0.15) is 5.10 Å². The topological polar surface area (TPSA) is 58.4 Å². The maximum atomic E-state index is 12.2. The van der Waals surface area contributed by atoms with Gasteiger partial charge in [-0.15, -0.1) is 0 Å². The molecule has 1 aromatic rings. The molecule has 17 heavy (non-hydrogen) atoms. The van der Waals surface area contributed by atoms with Gasteiger partial charge < -0.3 is 10.0 Å². The van der Waals surface area contributed by atoms with E-state index in [0.717, 1.165) is 19.4 Å². The predicted molar refractivity (Wildman–Crippen MR) is 63.6 cm³/mol. The maximum absolute atomic E-state index is 12.2.